The summed E-state index contributed by atoms with van der Waals surface area (Å²) in [4.78, 5) is 18.8. The molecule has 18 heavy (non-hydrogen) atoms. The van der Waals surface area contributed by atoms with Crippen molar-refractivity contribution in [3.05, 3.63) is 49.8 Å². The second-order valence-electron chi connectivity index (χ2n) is 3.96. The second kappa shape index (κ2) is 5.67. The molecule has 0 aliphatic rings. The first-order valence-corrected chi connectivity index (χ1v) is 6.83. The van der Waals surface area contributed by atoms with Gasteiger partial charge < -0.3 is 4.98 Å². The van der Waals surface area contributed by atoms with Crippen LogP contribution >= 0.6 is 27.5 Å². The molecule has 5 heteroatoms. The molecule has 0 atom stereocenters. The molecule has 0 amide bonds. The molecular weight excluding hydrogens is 316 g/mol. The van der Waals surface area contributed by atoms with Crippen LogP contribution in [0.25, 0.3) is 11.4 Å². The summed E-state index contributed by atoms with van der Waals surface area (Å²) >= 11 is 9.51. The monoisotopic (exact) mass is 326 g/mol. The quantitative estimate of drug-likeness (QED) is 0.932. The SMILES string of the molecule is CCCc1cc(=O)[nH]c(-c2cc(Br)ccc2Cl)n1. The van der Waals surface area contributed by atoms with Crippen LogP contribution in [0.5, 0.6) is 0 Å². The van der Waals surface area contributed by atoms with Crippen molar-refractivity contribution in [1.82, 2.24) is 9.97 Å². The zero-order chi connectivity index (χ0) is 13.1. The Morgan fingerprint density at radius 3 is 2.89 bits per heavy atom. The van der Waals surface area contributed by atoms with Crippen molar-refractivity contribution < 1.29 is 0 Å². The van der Waals surface area contributed by atoms with Gasteiger partial charge in [0.15, 0.2) is 0 Å². The lowest BCUT2D eigenvalue weighted by atomic mass is 10.2. The molecule has 0 fully saturated rings. The van der Waals surface area contributed by atoms with Gasteiger partial charge in [-0.1, -0.05) is 40.9 Å². The fourth-order valence-electron chi connectivity index (χ4n) is 1.70. The Labute approximate surface area is 118 Å². The number of hydrogen-bond acceptors (Lipinski definition) is 2. The highest BCUT2D eigenvalue weighted by Gasteiger charge is 2.08. The third-order valence-corrected chi connectivity index (χ3v) is 3.31. The summed E-state index contributed by atoms with van der Waals surface area (Å²) < 4.78 is 0.894. The summed E-state index contributed by atoms with van der Waals surface area (Å²) in [7, 11) is 0. The molecular formula is C13H12BrClN2O. The summed E-state index contributed by atoms with van der Waals surface area (Å²) in [5.74, 6) is 0.511. The van der Waals surface area contributed by atoms with Gasteiger partial charge in [0.2, 0.25) is 0 Å². The van der Waals surface area contributed by atoms with Gasteiger partial charge in [-0.15, -0.1) is 0 Å². The number of aromatic amines is 1. The molecule has 2 aromatic rings. The van der Waals surface area contributed by atoms with Gasteiger partial charge in [0, 0.05) is 21.8 Å². The molecule has 1 aromatic heterocycles. The number of aryl methyl sites for hydroxylation is 1. The second-order valence-corrected chi connectivity index (χ2v) is 5.28. The van der Waals surface area contributed by atoms with Gasteiger partial charge in [-0.25, -0.2) is 4.98 Å². The average molecular weight is 328 g/mol. The van der Waals surface area contributed by atoms with Gasteiger partial charge in [-0.05, 0) is 24.6 Å². The lowest BCUT2D eigenvalue weighted by Crippen LogP contribution is -2.10. The van der Waals surface area contributed by atoms with Gasteiger partial charge >= 0.3 is 0 Å². The third-order valence-electron chi connectivity index (χ3n) is 2.48. The van der Waals surface area contributed by atoms with Gasteiger partial charge in [0.1, 0.15) is 5.82 Å². The zero-order valence-electron chi connectivity index (χ0n) is 9.84. The van der Waals surface area contributed by atoms with Crippen molar-refractivity contribution in [2.75, 3.05) is 0 Å². The van der Waals surface area contributed by atoms with E-state index in [4.69, 9.17) is 11.6 Å². The molecule has 0 saturated carbocycles. The number of H-pyrrole nitrogens is 1. The Hall–Kier alpha value is -1.13. The maximum absolute atomic E-state index is 11.6. The van der Waals surface area contributed by atoms with E-state index in [0.29, 0.717) is 10.8 Å². The van der Waals surface area contributed by atoms with Crippen LogP contribution < -0.4 is 5.56 Å². The summed E-state index contributed by atoms with van der Waals surface area (Å²) in [6.07, 6.45) is 1.73. The largest absolute Gasteiger partial charge is 0.306 e. The lowest BCUT2D eigenvalue weighted by Gasteiger charge is -2.06. The first kappa shape index (κ1) is 13.3. The molecule has 1 aromatic carbocycles. The zero-order valence-corrected chi connectivity index (χ0v) is 12.2. The molecule has 0 aliphatic heterocycles. The third kappa shape index (κ3) is 3.00. The number of nitrogens with one attached hydrogen (secondary N) is 1. The fraction of sp³-hybridized carbons (Fsp3) is 0.231. The van der Waals surface area contributed by atoms with E-state index in [9.17, 15) is 4.79 Å². The van der Waals surface area contributed by atoms with E-state index in [0.717, 1.165) is 28.6 Å². The topological polar surface area (TPSA) is 45.8 Å². The van der Waals surface area contributed by atoms with Crippen molar-refractivity contribution in [1.29, 1.82) is 0 Å². The van der Waals surface area contributed by atoms with Crippen LogP contribution in [0, 0.1) is 0 Å². The van der Waals surface area contributed by atoms with Crippen LogP contribution in [-0.2, 0) is 6.42 Å². The Balaban J connectivity index is 2.56. The van der Waals surface area contributed by atoms with E-state index in [1.54, 1.807) is 6.07 Å². The van der Waals surface area contributed by atoms with E-state index >= 15 is 0 Å². The van der Waals surface area contributed by atoms with E-state index in [1.807, 2.05) is 12.1 Å². The van der Waals surface area contributed by atoms with E-state index in [-0.39, 0.29) is 5.56 Å². The van der Waals surface area contributed by atoms with Crippen molar-refractivity contribution in [2.45, 2.75) is 19.8 Å². The van der Waals surface area contributed by atoms with Crippen molar-refractivity contribution in [3.8, 4) is 11.4 Å². The minimum Gasteiger partial charge on any atom is -0.306 e. The summed E-state index contributed by atoms with van der Waals surface area (Å²) in [5.41, 5.74) is 1.35. The number of hydrogen-bond donors (Lipinski definition) is 1. The van der Waals surface area contributed by atoms with Gasteiger partial charge in [0.05, 0.1) is 5.02 Å². The average Bonchev–Trinajstić information content (AvgIpc) is 2.32. The summed E-state index contributed by atoms with van der Waals surface area (Å²) in [5, 5.41) is 0.565. The van der Waals surface area contributed by atoms with Crippen molar-refractivity contribution in [2.24, 2.45) is 0 Å². The van der Waals surface area contributed by atoms with Crippen LogP contribution in [0.15, 0.2) is 33.5 Å². The molecule has 0 unspecified atom stereocenters. The Morgan fingerprint density at radius 1 is 1.39 bits per heavy atom. The predicted molar refractivity (Wildman–Crippen MR) is 77.0 cm³/mol. The molecule has 0 spiro atoms. The fourth-order valence-corrected chi connectivity index (χ4v) is 2.27. The molecule has 1 N–H and O–H groups in total. The number of aromatic nitrogens is 2. The number of nitrogens with zero attached hydrogens (tertiary/aromatic N) is 1. The number of benzene rings is 1. The van der Waals surface area contributed by atoms with Crippen LogP contribution in [0.2, 0.25) is 5.02 Å². The van der Waals surface area contributed by atoms with Gasteiger partial charge in [0.25, 0.3) is 5.56 Å². The molecule has 2 rings (SSSR count). The highest BCUT2D eigenvalue weighted by atomic mass is 79.9. The molecule has 94 valence electrons. The highest BCUT2D eigenvalue weighted by molar-refractivity contribution is 9.10. The van der Waals surface area contributed by atoms with Crippen LogP contribution in [-0.4, -0.2) is 9.97 Å². The highest BCUT2D eigenvalue weighted by Crippen LogP contribution is 2.27. The smallest absolute Gasteiger partial charge is 0.251 e. The standard InChI is InChI=1S/C13H12BrClN2O/c1-2-3-9-7-12(18)17-13(16-9)10-6-8(14)4-5-11(10)15/h4-7H,2-3H2,1H3,(H,16,17,18). The van der Waals surface area contributed by atoms with E-state index in [2.05, 4.69) is 32.8 Å². The lowest BCUT2D eigenvalue weighted by molar-refractivity contribution is 0.870. The molecule has 1 heterocycles. The minimum atomic E-state index is -0.153. The normalized spacial score (nSPS) is 10.6. The van der Waals surface area contributed by atoms with Gasteiger partial charge in [-0.3, -0.25) is 4.79 Å². The summed E-state index contributed by atoms with van der Waals surface area (Å²) in [6, 6.07) is 6.99. The number of rotatable bonds is 3. The first-order chi connectivity index (χ1) is 8.60. The van der Waals surface area contributed by atoms with E-state index < -0.39 is 0 Å². The predicted octanol–water partition coefficient (Wildman–Crippen LogP) is 3.81. The molecule has 0 aliphatic carbocycles. The van der Waals surface area contributed by atoms with Gasteiger partial charge in [-0.2, -0.15) is 0 Å². The molecule has 3 nitrogen and oxygen atoms in total. The Kier molecular flexibility index (Phi) is 4.19. The maximum Gasteiger partial charge on any atom is 0.251 e. The van der Waals surface area contributed by atoms with E-state index in [1.165, 1.54) is 6.07 Å². The molecule has 0 radical (unpaired) electrons. The van der Waals surface area contributed by atoms with Crippen LogP contribution in [0.1, 0.15) is 19.0 Å². The summed E-state index contributed by atoms with van der Waals surface area (Å²) in [6.45, 7) is 2.05. The molecule has 0 saturated heterocycles. The molecule has 0 bridgehead atoms. The maximum atomic E-state index is 11.6. The van der Waals surface area contributed by atoms with Crippen LogP contribution in [0.3, 0.4) is 0 Å². The van der Waals surface area contributed by atoms with Crippen LogP contribution in [0.4, 0.5) is 0 Å². The van der Waals surface area contributed by atoms with Crippen molar-refractivity contribution >= 4 is 27.5 Å². The Bertz CT molecular complexity index is 625. The minimum absolute atomic E-state index is 0.153. The number of halogens is 2. The Morgan fingerprint density at radius 2 is 2.17 bits per heavy atom. The first-order valence-electron chi connectivity index (χ1n) is 5.66. The van der Waals surface area contributed by atoms with Crippen molar-refractivity contribution in [3.63, 3.8) is 0 Å².